The molecule has 0 bridgehead atoms. The number of rotatable bonds is 6. The van der Waals surface area contributed by atoms with Crippen molar-refractivity contribution in [1.29, 1.82) is 0 Å². The van der Waals surface area contributed by atoms with Gasteiger partial charge in [0.1, 0.15) is 6.79 Å². The van der Waals surface area contributed by atoms with Gasteiger partial charge in [-0.05, 0) is 6.42 Å². The maximum atomic E-state index is 6.16. The largest absolute Gasteiger partial charge is 0.355 e. The summed E-state index contributed by atoms with van der Waals surface area (Å²) in [6.07, 6.45) is 8.70. The van der Waals surface area contributed by atoms with E-state index in [2.05, 4.69) is 26.0 Å². The van der Waals surface area contributed by atoms with E-state index in [1.54, 1.807) is 0 Å². The second-order valence-electron chi connectivity index (χ2n) is 5.72. The molecule has 20 heavy (non-hydrogen) atoms. The molecule has 0 spiro atoms. The van der Waals surface area contributed by atoms with E-state index in [0.717, 1.165) is 32.5 Å². The maximum absolute atomic E-state index is 6.16. The van der Waals surface area contributed by atoms with Gasteiger partial charge in [-0.2, -0.15) is 0 Å². The number of hydrogen-bond donors (Lipinski definition) is 0. The van der Waals surface area contributed by atoms with Crippen molar-refractivity contribution in [2.75, 3.05) is 33.2 Å². The molecule has 4 nitrogen and oxygen atoms in total. The standard InChI is InChI=1S/C16H28O4/c1-3-5-6-7-14-9-19-16(8-4-2,20-10-14)15-11-17-13-18-12-15/h6-7,14-15H,3-5,8-13H2,1-2H3/b7-6+. The molecule has 0 radical (unpaired) electrons. The number of unbranched alkanes of at least 4 members (excludes halogenated alkanes) is 1. The minimum atomic E-state index is -0.510. The molecule has 0 N–H and O–H groups in total. The predicted octanol–water partition coefficient (Wildman–Crippen LogP) is 3.12. The van der Waals surface area contributed by atoms with Crippen molar-refractivity contribution < 1.29 is 18.9 Å². The van der Waals surface area contributed by atoms with Crippen molar-refractivity contribution in [2.24, 2.45) is 11.8 Å². The van der Waals surface area contributed by atoms with Crippen LogP contribution in [0.3, 0.4) is 0 Å². The molecule has 2 fully saturated rings. The van der Waals surface area contributed by atoms with Crippen molar-refractivity contribution in [2.45, 2.75) is 45.3 Å². The van der Waals surface area contributed by atoms with Crippen LogP contribution in [0.2, 0.25) is 0 Å². The molecule has 0 amide bonds. The van der Waals surface area contributed by atoms with E-state index in [9.17, 15) is 0 Å². The van der Waals surface area contributed by atoms with Gasteiger partial charge in [0.15, 0.2) is 5.79 Å². The first kappa shape index (κ1) is 16.0. The number of ether oxygens (including phenoxy) is 4. The van der Waals surface area contributed by atoms with Crippen LogP contribution in [0.4, 0.5) is 0 Å². The first-order valence-electron chi connectivity index (χ1n) is 7.90. The zero-order valence-electron chi connectivity index (χ0n) is 12.8. The van der Waals surface area contributed by atoms with E-state index in [1.165, 1.54) is 6.42 Å². The molecule has 2 aliphatic heterocycles. The zero-order valence-corrected chi connectivity index (χ0v) is 12.8. The van der Waals surface area contributed by atoms with E-state index in [1.807, 2.05) is 0 Å². The Morgan fingerprint density at radius 2 is 1.70 bits per heavy atom. The maximum Gasteiger partial charge on any atom is 0.175 e. The van der Waals surface area contributed by atoms with Gasteiger partial charge in [-0.25, -0.2) is 0 Å². The van der Waals surface area contributed by atoms with Gasteiger partial charge >= 0.3 is 0 Å². The molecule has 4 heteroatoms. The Bertz CT molecular complexity index is 289. The van der Waals surface area contributed by atoms with Crippen LogP contribution in [0.25, 0.3) is 0 Å². The lowest BCUT2D eigenvalue weighted by Crippen LogP contribution is -2.53. The van der Waals surface area contributed by atoms with Crippen LogP contribution in [0, 0.1) is 11.8 Å². The average Bonchev–Trinajstić information content (AvgIpc) is 2.50. The third-order valence-electron chi connectivity index (χ3n) is 3.97. The minimum absolute atomic E-state index is 0.178. The highest BCUT2D eigenvalue weighted by Gasteiger charge is 2.44. The van der Waals surface area contributed by atoms with Crippen molar-refractivity contribution in [3.8, 4) is 0 Å². The molecular weight excluding hydrogens is 256 g/mol. The monoisotopic (exact) mass is 284 g/mol. The summed E-state index contributed by atoms with van der Waals surface area (Å²) in [7, 11) is 0. The van der Waals surface area contributed by atoms with Gasteiger partial charge < -0.3 is 18.9 Å². The van der Waals surface area contributed by atoms with Gasteiger partial charge in [-0.15, -0.1) is 0 Å². The molecule has 0 saturated carbocycles. The van der Waals surface area contributed by atoms with Crippen molar-refractivity contribution in [3.05, 3.63) is 12.2 Å². The summed E-state index contributed by atoms with van der Waals surface area (Å²) in [6, 6.07) is 0. The Labute approximate surface area is 122 Å². The molecule has 2 rings (SSSR count). The fourth-order valence-corrected chi connectivity index (χ4v) is 2.83. The molecular formula is C16H28O4. The van der Waals surface area contributed by atoms with Gasteiger partial charge in [0.05, 0.1) is 32.3 Å². The highest BCUT2D eigenvalue weighted by Crippen LogP contribution is 2.35. The molecule has 2 heterocycles. The third-order valence-corrected chi connectivity index (χ3v) is 3.97. The molecule has 2 saturated heterocycles. The van der Waals surface area contributed by atoms with Crippen LogP contribution in [0.5, 0.6) is 0 Å². The first-order chi connectivity index (χ1) is 9.80. The van der Waals surface area contributed by atoms with Crippen LogP contribution in [-0.2, 0) is 18.9 Å². The molecule has 2 aliphatic rings. The second-order valence-corrected chi connectivity index (χ2v) is 5.72. The number of allylic oxidation sites excluding steroid dienone is 1. The Hall–Kier alpha value is -0.420. The van der Waals surface area contributed by atoms with E-state index >= 15 is 0 Å². The highest BCUT2D eigenvalue weighted by atomic mass is 16.7. The summed E-state index contributed by atoms with van der Waals surface area (Å²) in [5, 5.41) is 0. The zero-order chi connectivity index (χ0) is 14.3. The smallest absolute Gasteiger partial charge is 0.175 e. The van der Waals surface area contributed by atoms with E-state index < -0.39 is 5.79 Å². The van der Waals surface area contributed by atoms with Gasteiger partial charge in [-0.1, -0.05) is 38.8 Å². The quantitative estimate of drug-likeness (QED) is 0.702. The van der Waals surface area contributed by atoms with Gasteiger partial charge in [-0.3, -0.25) is 0 Å². The van der Waals surface area contributed by atoms with Crippen LogP contribution in [0.1, 0.15) is 39.5 Å². The van der Waals surface area contributed by atoms with Gasteiger partial charge in [0, 0.05) is 12.3 Å². The summed E-state index contributed by atoms with van der Waals surface area (Å²) in [6.45, 7) is 7.53. The Morgan fingerprint density at radius 3 is 2.30 bits per heavy atom. The van der Waals surface area contributed by atoms with E-state index in [0.29, 0.717) is 25.9 Å². The van der Waals surface area contributed by atoms with Crippen molar-refractivity contribution >= 4 is 0 Å². The lowest BCUT2D eigenvalue weighted by Gasteiger charge is -2.45. The first-order valence-corrected chi connectivity index (χ1v) is 7.90. The van der Waals surface area contributed by atoms with Crippen LogP contribution < -0.4 is 0 Å². The van der Waals surface area contributed by atoms with Gasteiger partial charge in [0.2, 0.25) is 0 Å². The topological polar surface area (TPSA) is 36.9 Å². The van der Waals surface area contributed by atoms with E-state index in [4.69, 9.17) is 18.9 Å². The third kappa shape index (κ3) is 4.04. The predicted molar refractivity (Wildman–Crippen MR) is 77.3 cm³/mol. The number of hydrogen-bond acceptors (Lipinski definition) is 4. The highest BCUT2D eigenvalue weighted by molar-refractivity contribution is 4.92. The Balaban J connectivity index is 1.91. The lowest BCUT2D eigenvalue weighted by atomic mass is 9.93. The Morgan fingerprint density at radius 1 is 1.00 bits per heavy atom. The summed E-state index contributed by atoms with van der Waals surface area (Å²) in [5.74, 6) is 0.0401. The van der Waals surface area contributed by atoms with E-state index in [-0.39, 0.29) is 5.92 Å². The normalized spacial score (nSPS) is 32.8. The molecule has 116 valence electrons. The average molecular weight is 284 g/mol. The van der Waals surface area contributed by atoms with Crippen molar-refractivity contribution in [3.63, 3.8) is 0 Å². The fraction of sp³-hybridized carbons (Fsp3) is 0.875. The molecule has 0 aromatic heterocycles. The summed E-state index contributed by atoms with van der Waals surface area (Å²) in [4.78, 5) is 0. The molecule has 0 atom stereocenters. The van der Waals surface area contributed by atoms with Crippen LogP contribution in [0.15, 0.2) is 12.2 Å². The lowest BCUT2D eigenvalue weighted by molar-refractivity contribution is -0.330. The summed E-state index contributed by atoms with van der Waals surface area (Å²) in [5.41, 5.74) is 0. The van der Waals surface area contributed by atoms with Crippen molar-refractivity contribution in [1.82, 2.24) is 0 Å². The molecule has 0 aromatic carbocycles. The van der Waals surface area contributed by atoms with Crippen LogP contribution in [-0.4, -0.2) is 39.0 Å². The molecule has 0 unspecified atom stereocenters. The van der Waals surface area contributed by atoms with Crippen LogP contribution >= 0.6 is 0 Å². The summed E-state index contributed by atoms with van der Waals surface area (Å²) >= 11 is 0. The summed E-state index contributed by atoms with van der Waals surface area (Å²) < 4.78 is 23.1. The van der Waals surface area contributed by atoms with Gasteiger partial charge in [0.25, 0.3) is 0 Å². The molecule has 0 aromatic rings. The second kappa shape index (κ2) is 8.13. The SMILES string of the molecule is CCC/C=C/C1COC(CCC)(C2COCOC2)OC1. The fourth-order valence-electron chi connectivity index (χ4n) is 2.83. The Kier molecular flexibility index (Phi) is 6.49. The molecule has 0 aliphatic carbocycles. The minimum Gasteiger partial charge on any atom is -0.355 e.